The van der Waals surface area contributed by atoms with E-state index in [4.69, 9.17) is 5.11 Å². The molecule has 12 heavy (non-hydrogen) atoms. The van der Waals surface area contributed by atoms with Gasteiger partial charge in [-0.25, -0.2) is 0 Å². The topological polar surface area (TPSA) is 32.3 Å². The van der Waals surface area contributed by atoms with Crippen LogP contribution >= 0.6 is 0 Å². The van der Waals surface area contributed by atoms with E-state index in [0.717, 1.165) is 19.5 Å². The van der Waals surface area contributed by atoms with E-state index in [1.54, 1.807) is 0 Å². The number of aliphatic hydroxyl groups is 1. The van der Waals surface area contributed by atoms with Crippen molar-refractivity contribution in [3.05, 3.63) is 0 Å². The lowest BCUT2D eigenvalue weighted by Crippen LogP contribution is -2.13. The van der Waals surface area contributed by atoms with Gasteiger partial charge in [0.2, 0.25) is 0 Å². The molecule has 0 aromatic heterocycles. The summed E-state index contributed by atoms with van der Waals surface area (Å²) in [6.07, 6.45) is 7.41. The number of rotatable bonds is 9. The van der Waals surface area contributed by atoms with E-state index in [9.17, 15) is 0 Å². The molecule has 0 aromatic carbocycles. The Hall–Kier alpha value is -0.0800. The Labute approximate surface area is 76.4 Å². The van der Waals surface area contributed by atoms with E-state index in [2.05, 4.69) is 12.2 Å². The minimum Gasteiger partial charge on any atom is -0.396 e. The van der Waals surface area contributed by atoms with Crippen molar-refractivity contribution in [1.82, 2.24) is 5.32 Å². The Morgan fingerprint density at radius 1 is 0.917 bits per heavy atom. The number of unbranched alkanes of at least 4 members (excludes halogenated alkanes) is 5. The van der Waals surface area contributed by atoms with E-state index in [1.165, 1.54) is 32.1 Å². The summed E-state index contributed by atoms with van der Waals surface area (Å²) in [5, 5.41) is 11.8. The van der Waals surface area contributed by atoms with Crippen LogP contribution in [0, 0.1) is 0 Å². The molecule has 0 spiro atoms. The molecule has 0 atom stereocenters. The maximum atomic E-state index is 8.53. The Kier molecular flexibility index (Phi) is 10.8. The van der Waals surface area contributed by atoms with Crippen LogP contribution in [0.1, 0.15) is 45.4 Å². The van der Waals surface area contributed by atoms with Gasteiger partial charge in [-0.2, -0.15) is 0 Å². The number of nitrogens with one attached hydrogen (secondary N) is 1. The minimum atomic E-state index is 0.359. The average Bonchev–Trinajstić information content (AvgIpc) is 2.10. The number of aliphatic hydroxyl groups excluding tert-OH is 1. The highest BCUT2D eigenvalue weighted by molar-refractivity contribution is 4.47. The summed E-state index contributed by atoms with van der Waals surface area (Å²) in [4.78, 5) is 0. The van der Waals surface area contributed by atoms with Crippen LogP contribution in [0.15, 0.2) is 0 Å². The van der Waals surface area contributed by atoms with Gasteiger partial charge in [0.25, 0.3) is 0 Å². The molecule has 2 heteroatoms. The molecule has 0 amide bonds. The summed E-state index contributed by atoms with van der Waals surface area (Å²) < 4.78 is 0. The van der Waals surface area contributed by atoms with Gasteiger partial charge in [-0.05, 0) is 25.9 Å². The normalized spacial score (nSPS) is 10.5. The van der Waals surface area contributed by atoms with Crippen LogP contribution in [0.4, 0.5) is 0 Å². The second-order valence-electron chi connectivity index (χ2n) is 3.20. The molecule has 0 unspecified atom stereocenters. The lowest BCUT2D eigenvalue weighted by atomic mass is 10.1. The van der Waals surface area contributed by atoms with Gasteiger partial charge in [0.15, 0.2) is 0 Å². The van der Waals surface area contributed by atoms with E-state index >= 15 is 0 Å². The van der Waals surface area contributed by atoms with E-state index < -0.39 is 0 Å². The molecule has 74 valence electrons. The lowest BCUT2D eigenvalue weighted by Gasteiger charge is -2.01. The Morgan fingerprint density at radius 2 is 1.50 bits per heavy atom. The Balaban J connectivity index is 2.73. The predicted molar refractivity (Wildman–Crippen MR) is 53.3 cm³/mol. The van der Waals surface area contributed by atoms with Crippen LogP contribution in [0.5, 0.6) is 0 Å². The zero-order valence-electron chi connectivity index (χ0n) is 8.31. The van der Waals surface area contributed by atoms with E-state index in [-0.39, 0.29) is 0 Å². The smallest absolute Gasteiger partial charge is 0.0431 e. The first-order valence-corrected chi connectivity index (χ1v) is 5.23. The number of hydrogen-bond donors (Lipinski definition) is 2. The average molecular weight is 173 g/mol. The summed E-state index contributed by atoms with van der Waals surface area (Å²) >= 11 is 0. The van der Waals surface area contributed by atoms with Gasteiger partial charge in [-0.15, -0.1) is 0 Å². The fraction of sp³-hybridized carbons (Fsp3) is 1.00. The quantitative estimate of drug-likeness (QED) is 0.522. The highest BCUT2D eigenvalue weighted by Gasteiger charge is 1.89. The standard InChI is InChI=1S/C10H23NO/c1-2-11-9-7-5-3-4-6-8-10-12/h11-12H,2-10H2,1H3. The molecule has 0 saturated carbocycles. The van der Waals surface area contributed by atoms with Crippen molar-refractivity contribution in [3.8, 4) is 0 Å². The van der Waals surface area contributed by atoms with Gasteiger partial charge in [0.05, 0.1) is 0 Å². The van der Waals surface area contributed by atoms with Crippen LogP contribution in [0.2, 0.25) is 0 Å². The van der Waals surface area contributed by atoms with Crippen molar-refractivity contribution in [1.29, 1.82) is 0 Å². The molecule has 0 saturated heterocycles. The van der Waals surface area contributed by atoms with Gasteiger partial charge in [-0.1, -0.05) is 32.6 Å². The molecule has 0 aliphatic heterocycles. The minimum absolute atomic E-state index is 0.359. The summed E-state index contributed by atoms with van der Waals surface area (Å²) in [6.45, 7) is 4.75. The van der Waals surface area contributed by atoms with Crippen LogP contribution in [-0.2, 0) is 0 Å². The molecule has 0 radical (unpaired) electrons. The van der Waals surface area contributed by atoms with Gasteiger partial charge < -0.3 is 10.4 Å². The third-order valence-electron chi connectivity index (χ3n) is 2.01. The maximum absolute atomic E-state index is 8.53. The van der Waals surface area contributed by atoms with Crippen LogP contribution in [0.3, 0.4) is 0 Å². The molecular formula is C10H23NO. The third-order valence-corrected chi connectivity index (χ3v) is 2.01. The fourth-order valence-corrected chi connectivity index (χ4v) is 1.25. The summed E-state index contributed by atoms with van der Waals surface area (Å²) in [6, 6.07) is 0. The molecule has 0 aromatic rings. The van der Waals surface area contributed by atoms with Gasteiger partial charge in [-0.3, -0.25) is 0 Å². The molecule has 2 nitrogen and oxygen atoms in total. The molecule has 2 N–H and O–H groups in total. The van der Waals surface area contributed by atoms with Crippen molar-refractivity contribution in [2.75, 3.05) is 19.7 Å². The van der Waals surface area contributed by atoms with E-state index in [1.807, 2.05) is 0 Å². The SMILES string of the molecule is CCNCCCCCCCCO. The van der Waals surface area contributed by atoms with Crippen molar-refractivity contribution < 1.29 is 5.11 Å². The second kappa shape index (κ2) is 10.9. The van der Waals surface area contributed by atoms with E-state index in [0.29, 0.717) is 6.61 Å². The maximum Gasteiger partial charge on any atom is 0.0431 e. The molecular weight excluding hydrogens is 150 g/mol. The molecule has 0 rings (SSSR count). The van der Waals surface area contributed by atoms with Gasteiger partial charge in [0, 0.05) is 6.61 Å². The Bertz CT molecular complexity index is 66.2. The van der Waals surface area contributed by atoms with Crippen molar-refractivity contribution in [3.63, 3.8) is 0 Å². The highest BCUT2D eigenvalue weighted by atomic mass is 16.2. The van der Waals surface area contributed by atoms with Crippen molar-refractivity contribution >= 4 is 0 Å². The second-order valence-corrected chi connectivity index (χ2v) is 3.20. The Morgan fingerprint density at radius 3 is 2.08 bits per heavy atom. The molecule has 0 heterocycles. The fourth-order valence-electron chi connectivity index (χ4n) is 1.25. The first-order valence-electron chi connectivity index (χ1n) is 5.23. The molecule has 0 fully saturated rings. The first kappa shape index (κ1) is 11.9. The summed E-state index contributed by atoms with van der Waals surface area (Å²) in [5.41, 5.74) is 0. The van der Waals surface area contributed by atoms with Gasteiger partial charge >= 0.3 is 0 Å². The van der Waals surface area contributed by atoms with Crippen LogP contribution in [0.25, 0.3) is 0 Å². The predicted octanol–water partition coefficient (Wildman–Crippen LogP) is 1.93. The van der Waals surface area contributed by atoms with Crippen molar-refractivity contribution in [2.45, 2.75) is 45.4 Å². The lowest BCUT2D eigenvalue weighted by molar-refractivity contribution is 0.282. The monoisotopic (exact) mass is 173 g/mol. The highest BCUT2D eigenvalue weighted by Crippen LogP contribution is 2.03. The molecule has 0 bridgehead atoms. The zero-order chi connectivity index (χ0) is 9.07. The van der Waals surface area contributed by atoms with Crippen molar-refractivity contribution in [2.24, 2.45) is 0 Å². The number of hydrogen-bond acceptors (Lipinski definition) is 2. The van der Waals surface area contributed by atoms with Gasteiger partial charge in [0.1, 0.15) is 0 Å². The largest absolute Gasteiger partial charge is 0.396 e. The third kappa shape index (κ3) is 9.92. The summed E-state index contributed by atoms with van der Waals surface area (Å²) in [5.74, 6) is 0. The zero-order valence-corrected chi connectivity index (χ0v) is 8.31. The summed E-state index contributed by atoms with van der Waals surface area (Å²) in [7, 11) is 0. The first-order chi connectivity index (χ1) is 5.91. The molecule has 0 aliphatic rings. The van der Waals surface area contributed by atoms with Crippen LogP contribution in [-0.4, -0.2) is 24.8 Å². The molecule has 0 aliphatic carbocycles. The van der Waals surface area contributed by atoms with Crippen LogP contribution < -0.4 is 5.32 Å².